The summed E-state index contributed by atoms with van der Waals surface area (Å²) >= 11 is 0. The fourth-order valence-corrected chi connectivity index (χ4v) is 3.63. The van der Waals surface area contributed by atoms with Crippen LogP contribution in [-0.4, -0.2) is 48.6 Å². The molecule has 0 bridgehead atoms. The van der Waals surface area contributed by atoms with Crippen LogP contribution in [0, 0.1) is 11.3 Å². The van der Waals surface area contributed by atoms with Gasteiger partial charge in [-0.15, -0.1) is 0 Å². The number of aryl methyl sites for hydroxylation is 2. The summed E-state index contributed by atoms with van der Waals surface area (Å²) in [5, 5.41) is 20.2. The van der Waals surface area contributed by atoms with E-state index in [1.54, 1.807) is 12.1 Å². The largest absolute Gasteiger partial charge is 0.478 e. The van der Waals surface area contributed by atoms with E-state index in [1.807, 2.05) is 62.4 Å². The number of nitrogens with one attached hydrogen (secondary N) is 2. The number of rotatable bonds is 9. The van der Waals surface area contributed by atoms with E-state index in [4.69, 9.17) is 15.7 Å². The monoisotopic (exact) mass is 539 g/mol. The van der Waals surface area contributed by atoms with Crippen molar-refractivity contribution in [2.45, 2.75) is 26.7 Å². The van der Waals surface area contributed by atoms with Gasteiger partial charge in [0.25, 0.3) is 16.0 Å². The number of amides is 1. The Labute approximate surface area is 223 Å². The van der Waals surface area contributed by atoms with E-state index >= 15 is 0 Å². The SMILES string of the molecule is CC(C)CNC(=O)c1ccc(-c2ccccc2CCc2ccc(C(=N)N)cc2)c(C(=O)O)c1.CS(=O)(=O)O. The number of nitrogens with two attached hydrogens (primary N) is 1. The van der Waals surface area contributed by atoms with Crippen LogP contribution in [0.3, 0.4) is 0 Å². The fourth-order valence-electron chi connectivity index (χ4n) is 3.63. The molecule has 0 fully saturated rings. The van der Waals surface area contributed by atoms with Gasteiger partial charge in [0.2, 0.25) is 0 Å². The number of carbonyl (C=O) groups excluding carboxylic acids is 1. The molecule has 6 N–H and O–H groups in total. The summed E-state index contributed by atoms with van der Waals surface area (Å²) < 4.78 is 25.9. The van der Waals surface area contributed by atoms with Gasteiger partial charge in [-0.05, 0) is 53.1 Å². The van der Waals surface area contributed by atoms with Gasteiger partial charge < -0.3 is 16.2 Å². The van der Waals surface area contributed by atoms with Gasteiger partial charge in [0.1, 0.15) is 5.84 Å². The second-order valence-electron chi connectivity index (χ2n) is 9.17. The standard InChI is InChI=1S/C27H29N3O3.CH4O3S/c1-17(2)16-30-26(31)21-13-14-23(24(15-21)27(32)33)22-6-4-3-5-19(22)10-7-18-8-11-20(12-9-18)25(28)29;1-5(2,3)4/h3-6,8-9,11-15,17H,7,10,16H2,1-2H3,(H3,28,29)(H,30,31)(H,32,33);1H3,(H,2,3,4). The van der Waals surface area contributed by atoms with Crippen LogP contribution in [0.15, 0.2) is 66.7 Å². The quantitative estimate of drug-likeness (QED) is 0.155. The number of carboxylic acid groups (broad SMARTS) is 1. The van der Waals surface area contributed by atoms with Gasteiger partial charge in [0.05, 0.1) is 11.8 Å². The van der Waals surface area contributed by atoms with Crippen molar-refractivity contribution in [2.75, 3.05) is 12.8 Å². The van der Waals surface area contributed by atoms with Gasteiger partial charge in [0.15, 0.2) is 0 Å². The predicted molar refractivity (Wildman–Crippen MR) is 148 cm³/mol. The van der Waals surface area contributed by atoms with Gasteiger partial charge in [-0.2, -0.15) is 8.42 Å². The molecule has 0 heterocycles. The second kappa shape index (κ2) is 13.5. The number of hydrogen-bond acceptors (Lipinski definition) is 5. The number of aromatic carboxylic acids is 1. The molecule has 0 saturated carbocycles. The molecule has 0 aliphatic carbocycles. The van der Waals surface area contributed by atoms with Gasteiger partial charge in [-0.3, -0.25) is 14.8 Å². The molecule has 1 amide bonds. The minimum atomic E-state index is -3.67. The molecule has 3 rings (SSSR count). The van der Waals surface area contributed by atoms with Crippen molar-refractivity contribution >= 4 is 27.8 Å². The molecule has 9 nitrogen and oxygen atoms in total. The fraction of sp³-hybridized carbons (Fsp3) is 0.250. The van der Waals surface area contributed by atoms with E-state index < -0.39 is 16.1 Å². The molecule has 10 heteroatoms. The Morgan fingerprint density at radius 2 is 1.53 bits per heavy atom. The lowest BCUT2D eigenvalue weighted by Gasteiger charge is -2.14. The number of nitrogen functional groups attached to an aromatic ring is 1. The van der Waals surface area contributed by atoms with E-state index in [1.165, 1.54) is 6.07 Å². The number of carboxylic acids is 1. The third-order valence-corrected chi connectivity index (χ3v) is 5.44. The van der Waals surface area contributed by atoms with E-state index in [-0.39, 0.29) is 17.3 Å². The van der Waals surface area contributed by atoms with Crippen LogP contribution >= 0.6 is 0 Å². The maximum atomic E-state index is 12.4. The lowest BCUT2D eigenvalue weighted by Crippen LogP contribution is -2.27. The number of amidine groups is 1. The Bertz CT molecular complexity index is 1390. The topological polar surface area (TPSA) is 171 Å². The zero-order valence-electron chi connectivity index (χ0n) is 21.6. The lowest BCUT2D eigenvalue weighted by atomic mass is 9.91. The molecule has 0 aliphatic rings. The highest BCUT2D eigenvalue weighted by Crippen LogP contribution is 2.29. The van der Waals surface area contributed by atoms with Crippen molar-refractivity contribution in [3.63, 3.8) is 0 Å². The molecule has 0 saturated heterocycles. The average Bonchev–Trinajstić information content (AvgIpc) is 2.85. The Morgan fingerprint density at radius 1 is 0.947 bits per heavy atom. The van der Waals surface area contributed by atoms with Crippen LogP contribution in [0.5, 0.6) is 0 Å². The van der Waals surface area contributed by atoms with Crippen molar-refractivity contribution in [3.8, 4) is 11.1 Å². The van der Waals surface area contributed by atoms with Gasteiger partial charge in [0, 0.05) is 17.7 Å². The molecule has 0 atom stereocenters. The summed E-state index contributed by atoms with van der Waals surface area (Å²) in [5.41, 5.74) is 10.2. The molecule has 0 unspecified atom stereocenters. The Kier molecular flexibility index (Phi) is 10.7. The average molecular weight is 540 g/mol. The maximum Gasteiger partial charge on any atom is 0.336 e. The van der Waals surface area contributed by atoms with E-state index in [0.29, 0.717) is 41.8 Å². The van der Waals surface area contributed by atoms with E-state index in [0.717, 1.165) is 23.1 Å². The molecule has 38 heavy (non-hydrogen) atoms. The summed E-state index contributed by atoms with van der Waals surface area (Å²) in [6, 6.07) is 20.1. The molecular weight excluding hydrogens is 506 g/mol. The lowest BCUT2D eigenvalue weighted by molar-refractivity contribution is 0.0697. The molecular formula is C28H33N3O6S. The van der Waals surface area contributed by atoms with Crippen LogP contribution < -0.4 is 11.1 Å². The first-order valence-corrected chi connectivity index (χ1v) is 13.7. The predicted octanol–water partition coefficient (Wildman–Crippen LogP) is 4.01. The summed E-state index contributed by atoms with van der Waals surface area (Å²) in [6.45, 7) is 4.53. The first-order chi connectivity index (χ1) is 17.8. The maximum absolute atomic E-state index is 12.4. The van der Waals surface area contributed by atoms with E-state index in [9.17, 15) is 23.1 Å². The Hall–Kier alpha value is -4.02. The summed E-state index contributed by atoms with van der Waals surface area (Å²) in [4.78, 5) is 24.5. The van der Waals surface area contributed by atoms with Crippen LogP contribution in [0.25, 0.3) is 11.1 Å². The third-order valence-electron chi connectivity index (χ3n) is 5.44. The molecule has 202 valence electrons. The van der Waals surface area contributed by atoms with Crippen LogP contribution in [-0.2, 0) is 23.0 Å². The summed E-state index contributed by atoms with van der Waals surface area (Å²) in [7, 11) is -3.67. The summed E-state index contributed by atoms with van der Waals surface area (Å²) in [6.07, 6.45) is 2.19. The zero-order valence-corrected chi connectivity index (χ0v) is 22.4. The molecule has 0 radical (unpaired) electrons. The molecule has 0 aromatic heterocycles. The van der Waals surface area contributed by atoms with Crippen molar-refractivity contribution in [2.24, 2.45) is 11.7 Å². The highest BCUT2D eigenvalue weighted by molar-refractivity contribution is 7.85. The smallest absolute Gasteiger partial charge is 0.336 e. The van der Waals surface area contributed by atoms with Crippen molar-refractivity contribution < 1.29 is 27.7 Å². The number of carbonyl (C=O) groups is 2. The number of hydrogen-bond donors (Lipinski definition) is 5. The highest BCUT2D eigenvalue weighted by atomic mass is 32.2. The first-order valence-electron chi connectivity index (χ1n) is 11.9. The number of benzene rings is 3. The van der Waals surface area contributed by atoms with Crippen molar-refractivity contribution in [1.82, 2.24) is 5.32 Å². The van der Waals surface area contributed by atoms with Crippen LogP contribution in [0.4, 0.5) is 0 Å². The molecule has 3 aromatic rings. The van der Waals surface area contributed by atoms with E-state index in [2.05, 4.69) is 5.32 Å². The zero-order chi connectivity index (χ0) is 28.5. The van der Waals surface area contributed by atoms with Crippen molar-refractivity contribution in [3.05, 3.63) is 94.5 Å². The Balaban J connectivity index is 0.000000926. The highest BCUT2D eigenvalue weighted by Gasteiger charge is 2.17. The van der Waals surface area contributed by atoms with Gasteiger partial charge >= 0.3 is 5.97 Å². The second-order valence-corrected chi connectivity index (χ2v) is 10.6. The van der Waals surface area contributed by atoms with Crippen LogP contribution in [0.2, 0.25) is 0 Å². The first kappa shape index (κ1) is 30.2. The minimum absolute atomic E-state index is 0.0365. The molecule has 0 aliphatic heterocycles. The van der Waals surface area contributed by atoms with Gasteiger partial charge in [-0.1, -0.05) is 68.4 Å². The normalized spacial score (nSPS) is 10.9. The third kappa shape index (κ3) is 9.79. The molecule has 0 spiro atoms. The summed E-state index contributed by atoms with van der Waals surface area (Å²) in [5.74, 6) is -1.01. The minimum Gasteiger partial charge on any atom is -0.478 e. The van der Waals surface area contributed by atoms with Gasteiger partial charge in [-0.25, -0.2) is 4.79 Å². The van der Waals surface area contributed by atoms with Crippen LogP contribution in [0.1, 0.15) is 51.3 Å². The van der Waals surface area contributed by atoms with Crippen molar-refractivity contribution in [1.29, 1.82) is 5.41 Å². The Morgan fingerprint density at radius 3 is 2.08 bits per heavy atom. The molecule has 3 aromatic carbocycles.